The first-order chi connectivity index (χ1) is 9.60. The van der Waals surface area contributed by atoms with Crippen molar-refractivity contribution in [2.24, 2.45) is 0 Å². The van der Waals surface area contributed by atoms with Gasteiger partial charge in [0.2, 0.25) is 0 Å². The van der Waals surface area contributed by atoms with Crippen molar-refractivity contribution in [1.29, 1.82) is 0 Å². The summed E-state index contributed by atoms with van der Waals surface area (Å²) in [4.78, 5) is 20.7. The van der Waals surface area contributed by atoms with Crippen LogP contribution >= 0.6 is 11.3 Å². The van der Waals surface area contributed by atoms with Gasteiger partial charge in [-0.25, -0.2) is 9.97 Å². The number of imidazole rings is 1. The molecule has 1 atom stereocenters. The number of nitrogens with zero attached hydrogens (tertiary/aromatic N) is 3. The van der Waals surface area contributed by atoms with Crippen molar-refractivity contribution in [3.8, 4) is 0 Å². The molecule has 108 valence electrons. The van der Waals surface area contributed by atoms with E-state index in [2.05, 4.69) is 20.6 Å². The van der Waals surface area contributed by atoms with Crippen LogP contribution in [-0.4, -0.2) is 33.0 Å². The van der Waals surface area contributed by atoms with Crippen LogP contribution in [0.1, 0.15) is 23.5 Å². The highest BCUT2D eigenvalue weighted by atomic mass is 32.1. The minimum atomic E-state index is -0.197. The van der Waals surface area contributed by atoms with E-state index < -0.39 is 0 Å². The molecule has 4 N–H and O–H groups in total. The molecule has 1 unspecified atom stereocenters. The molecule has 8 heteroatoms. The number of amides is 1. The van der Waals surface area contributed by atoms with E-state index in [9.17, 15) is 4.79 Å². The maximum absolute atomic E-state index is 12.1. The Morgan fingerprint density at radius 2 is 2.40 bits per heavy atom. The van der Waals surface area contributed by atoms with Crippen LogP contribution in [0.15, 0.2) is 18.7 Å². The van der Waals surface area contributed by atoms with Crippen LogP contribution in [-0.2, 0) is 6.54 Å². The van der Waals surface area contributed by atoms with Gasteiger partial charge in [-0.1, -0.05) is 11.3 Å². The van der Waals surface area contributed by atoms with E-state index in [1.807, 2.05) is 24.6 Å². The second kappa shape index (κ2) is 6.38. The van der Waals surface area contributed by atoms with Gasteiger partial charge >= 0.3 is 0 Å². The molecule has 20 heavy (non-hydrogen) atoms. The molecule has 0 aliphatic carbocycles. The van der Waals surface area contributed by atoms with Crippen molar-refractivity contribution in [1.82, 2.24) is 19.9 Å². The third kappa shape index (κ3) is 3.47. The number of nitrogens with one attached hydrogen (secondary N) is 2. The zero-order valence-electron chi connectivity index (χ0n) is 11.5. The van der Waals surface area contributed by atoms with E-state index in [-0.39, 0.29) is 17.8 Å². The molecule has 0 bridgehead atoms. The van der Waals surface area contributed by atoms with Crippen LogP contribution in [0.5, 0.6) is 0 Å². The van der Waals surface area contributed by atoms with E-state index in [4.69, 9.17) is 5.73 Å². The van der Waals surface area contributed by atoms with Crippen molar-refractivity contribution in [2.75, 3.05) is 17.6 Å². The average Bonchev–Trinajstić information content (AvgIpc) is 2.99. The molecule has 0 spiro atoms. The summed E-state index contributed by atoms with van der Waals surface area (Å²) in [6, 6.07) is -0.0271. The lowest BCUT2D eigenvalue weighted by atomic mass is 10.3. The summed E-state index contributed by atoms with van der Waals surface area (Å²) in [6.07, 6.45) is 5.28. The molecule has 0 saturated heterocycles. The number of hydrogen-bond acceptors (Lipinski definition) is 6. The summed E-state index contributed by atoms with van der Waals surface area (Å²) in [5.74, 6) is 0.0649. The molecular weight excluding hydrogens is 276 g/mol. The minimum absolute atomic E-state index is 0.0271. The monoisotopic (exact) mass is 294 g/mol. The Morgan fingerprint density at radius 3 is 3.05 bits per heavy atom. The smallest absolute Gasteiger partial charge is 0.265 e. The largest absolute Gasteiger partial charge is 0.382 e. The number of rotatable bonds is 6. The Morgan fingerprint density at radius 1 is 1.60 bits per heavy atom. The Bertz CT molecular complexity index is 565. The van der Waals surface area contributed by atoms with E-state index in [1.165, 1.54) is 11.3 Å². The van der Waals surface area contributed by atoms with E-state index in [1.54, 1.807) is 12.5 Å². The lowest BCUT2D eigenvalue weighted by Crippen LogP contribution is -2.35. The normalized spacial score (nSPS) is 12.1. The number of anilines is 2. The van der Waals surface area contributed by atoms with Crippen LogP contribution in [0.25, 0.3) is 0 Å². The highest BCUT2D eigenvalue weighted by molar-refractivity contribution is 7.18. The number of carbonyl (C=O) groups excluding carboxylic acids is 1. The first-order valence-corrected chi connectivity index (χ1v) is 7.18. The van der Waals surface area contributed by atoms with Crippen LogP contribution in [0.4, 0.5) is 10.9 Å². The van der Waals surface area contributed by atoms with Crippen LogP contribution in [0.3, 0.4) is 0 Å². The summed E-state index contributed by atoms with van der Waals surface area (Å²) in [7, 11) is 0. The summed E-state index contributed by atoms with van der Waals surface area (Å²) < 4.78 is 1.91. The van der Waals surface area contributed by atoms with Gasteiger partial charge in [0.1, 0.15) is 10.7 Å². The Labute approximate surface area is 121 Å². The van der Waals surface area contributed by atoms with Gasteiger partial charge in [-0.05, 0) is 13.8 Å². The third-order valence-electron chi connectivity index (χ3n) is 2.61. The lowest BCUT2D eigenvalue weighted by molar-refractivity contribution is 0.0941. The first kappa shape index (κ1) is 14.3. The number of nitrogen functional groups attached to an aromatic ring is 1. The van der Waals surface area contributed by atoms with Gasteiger partial charge < -0.3 is 20.9 Å². The first-order valence-electron chi connectivity index (χ1n) is 6.37. The standard InChI is InChI=1S/C12H18N6OS/c1-3-15-12-17-10(13)9(20-12)11(19)16-8(2)6-18-5-4-14-7-18/h4-5,7-8H,3,6,13H2,1-2H3,(H,15,17)(H,16,19). The summed E-state index contributed by atoms with van der Waals surface area (Å²) in [6.45, 7) is 5.29. The summed E-state index contributed by atoms with van der Waals surface area (Å²) in [5, 5.41) is 6.62. The quantitative estimate of drug-likeness (QED) is 0.743. The molecular formula is C12H18N6OS. The van der Waals surface area contributed by atoms with Crippen LogP contribution in [0, 0.1) is 0 Å². The maximum Gasteiger partial charge on any atom is 0.265 e. The molecule has 2 rings (SSSR count). The van der Waals surface area contributed by atoms with Gasteiger partial charge in [0.25, 0.3) is 5.91 Å². The molecule has 0 saturated carbocycles. The van der Waals surface area contributed by atoms with Crippen molar-refractivity contribution in [2.45, 2.75) is 26.4 Å². The number of nitrogens with two attached hydrogens (primary N) is 1. The average molecular weight is 294 g/mol. The zero-order valence-corrected chi connectivity index (χ0v) is 12.3. The zero-order chi connectivity index (χ0) is 14.5. The molecule has 7 nitrogen and oxygen atoms in total. The predicted molar refractivity (Wildman–Crippen MR) is 79.8 cm³/mol. The maximum atomic E-state index is 12.1. The highest BCUT2D eigenvalue weighted by Gasteiger charge is 2.17. The lowest BCUT2D eigenvalue weighted by Gasteiger charge is -2.13. The van der Waals surface area contributed by atoms with Crippen molar-refractivity contribution < 1.29 is 4.79 Å². The molecule has 0 aliphatic rings. The van der Waals surface area contributed by atoms with Gasteiger partial charge in [-0.15, -0.1) is 0 Å². The number of thiazole rings is 1. The molecule has 2 heterocycles. The second-order valence-electron chi connectivity index (χ2n) is 4.40. The molecule has 0 radical (unpaired) electrons. The van der Waals surface area contributed by atoms with Crippen molar-refractivity contribution in [3.05, 3.63) is 23.6 Å². The molecule has 0 aliphatic heterocycles. The van der Waals surface area contributed by atoms with Crippen LogP contribution in [0.2, 0.25) is 0 Å². The number of aromatic nitrogens is 3. The van der Waals surface area contributed by atoms with E-state index in [0.717, 1.165) is 6.54 Å². The molecule has 0 aromatic carbocycles. The Kier molecular flexibility index (Phi) is 4.57. The fourth-order valence-corrected chi connectivity index (χ4v) is 2.62. The molecule has 1 amide bonds. The van der Waals surface area contributed by atoms with Gasteiger partial charge in [0, 0.05) is 31.5 Å². The van der Waals surface area contributed by atoms with E-state index >= 15 is 0 Å². The van der Waals surface area contributed by atoms with E-state index in [0.29, 0.717) is 16.6 Å². The Balaban J connectivity index is 1.97. The van der Waals surface area contributed by atoms with Gasteiger partial charge in [0.15, 0.2) is 5.13 Å². The topological polar surface area (TPSA) is 97.9 Å². The SMILES string of the molecule is CCNc1nc(N)c(C(=O)NC(C)Cn2ccnc2)s1. The second-order valence-corrected chi connectivity index (χ2v) is 5.40. The fourth-order valence-electron chi connectivity index (χ4n) is 1.77. The predicted octanol–water partition coefficient (Wildman–Crippen LogP) is 1.17. The Hall–Kier alpha value is -2.09. The van der Waals surface area contributed by atoms with Gasteiger partial charge in [0.05, 0.1) is 6.33 Å². The highest BCUT2D eigenvalue weighted by Crippen LogP contribution is 2.24. The van der Waals surface area contributed by atoms with Gasteiger partial charge in [-0.2, -0.15) is 0 Å². The van der Waals surface area contributed by atoms with Gasteiger partial charge in [-0.3, -0.25) is 4.79 Å². The van der Waals surface area contributed by atoms with Crippen LogP contribution < -0.4 is 16.4 Å². The van der Waals surface area contributed by atoms with Crippen molar-refractivity contribution in [3.63, 3.8) is 0 Å². The molecule has 0 fully saturated rings. The molecule has 2 aromatic rings. The van der Waals surface area contributed by atoms with Crippen molar-refractivity contribution >= 4 is 28.2 Å². The minimum Gasteiger partial charge on any atom is -0.382 e. The number of carbonyl (C=O) groups is 1. The molecule has 2 aromatic heterocycles. The third-order valence-corrected chi connectivity index (χ3v) is 3.64. The summed E-state index contributed by atoms with van der Waals surface area (Å²) in [5.41, 5.74) is 5.77. The fraction of sp³-hybridized carbons (Fsp3) is 0.417. The number of hydrogen-bond donors (Lipinski definition) is 3. The summed E-state index contributed by atoms with van der Waals surface area (Å²) >= 11 is 1.26.